The standard InChI is InChI=1S/C32H29ClFN5O4S/c1-17-12-21(29-28(37-17)23(16-44-29)31(41)43-32(3,4)5)20-13-19(33)6-7-26(20)42-11-10-39-18(2)38-25-15-36-24(8-9-34)22(14-35)27(25)30(39)40/h6-7,12-13,15-16H,8-11H2,1-5H3. The van der Waals surface area contributed by atoms with Gasteiger partial charge < -0.3 is 9.47 Å². The first kappa shape index (κ1) is 31.0. The number of carbonyl (C=O) groups is 1. The number of esters is 1. The van der Waals surface area contributed by atoms with E-state index in [0.29, 0.717) is 38.9 Å². The number of benzene rings is 1. The molecule has 0 bridgehead atoms. The van der Waals surface area contributed by atoms with Gasteiger partial charge in [-0.25, -0.2) is 9.78 Å². The van der Waals surface area contributed by atoms with E-state index < -0.39 is 23.8 Å². The van der Waals surface area contributed by atoms with E-state index in [0.717, 1.165) is 10.3 Å². The summed E-state index contributed by atoms with van der Waals surface area (Å²) >= 11 is 7.80. The van der Waals surface area contributed by atoms with E-state index in [1.807, 2.05) is 39.8 Å². The molecule has 5 aromatic rings. The summed E-state index contributed by atoms with van der Waals surface area (Å²) in [6.45, 7) is 8.49. The number of aryl methyl sites for hydroxylation is 3. The second-order valence-electron chi connectivity index (χ2n) is 11.1. The highest BCUT2D eigenvalue weighted by Crippen LogP contribution is 2.40. The lowest BCUT2D eigenvalue weighted by atomic mass is 10.0. The molecule has 0 aliphatic heterocycles. The minimum Gasteiger partial charge on any atom is -0.491 e. The first-order chi connectivity index (χ1) is 20.9. The van der Waals surface area contributed by atoms with Crippen LogP contribution in [0.4, 0.5) is 4.39 Å². The molecule has 4 aromatic heterocycles. The van der Waals surface area contributed by atoms with Crippen LogP contribution in [0.25, 0.3) is 32.2 Å². The Morgan fingerprint density at radius 1 is 1.18 bits per heavy atom. The molecule has 12 heteroatoms. The number of carbonyl (C=O) groups excluding carboxylic acids is 1. The molecule has 0 aliphatic carbocycles. The predicted molar refractivity (Wildman–Crippen MR) is 168 cm³/mol. The molecule has 4 heterocycles. The maximum absolute atomic E-state index is 13.5. The SMILES string of the molecule is Cc1cc(-c2cc(Cl)ccc2OCCn2c(C)nc3cnc(CCF)c(C#N)c3c2=O)c2scc(C(=O)OC(C)(C)C)c2n1. The Morgan fingerprint density at radius 2 is 1.95 bits per heavy atom. The number of thiophene rings is 1. The molecular weight excluding hydrogens is 605 g/mol. The minimum absolute atomic E-state index is 0.0334. The highest BCUT2D eigenvalue weighted by atomic mass is 35.5. The van der Waals surface area contributed by atoms with Gasteiger partial charge in [-0.3, -0.25) is 23.7 Å². The molecule has 5 rings (SSSR count). The summed E-state index contributed by atoms with van der Waals surface area (Å²) in [5.41, 5.74) is 2.55. The molecule has 0 amide bonds. The molecule has 0 radical (unpaired) electrons. The third-order valence-electron chi connectivity index (χ3n) is 6.79. The van der Waals surface area contributed by atoms with Gasteiger partial charge in [-0.05, 0) is 58.9 Å². The van der Waals surface area contributed by atoms with E-state index in [1.165, 1.54) is 22.1 Å². The van der Waals surface area contributed by atoms with Crippen molar-refractivity contribution in [1.29, 1.82) is 5.26 Å². The molecule has 9 nitrogen and oxygen atoms in total. The fourth-order valence-corrected chi connectivity index (χ4v) is 6.10. The molecule has 0 saturated carbocycles. The Morgan fingerprint density at radius 3 is 2.66 bits per heavy atom. The van der Waals surface area contributed by atoms with Gasteiger partial charge in [0.1, 0.15) is 29.9 Å². The van der Waals surface area contributed by atoms with Crippen molar-refractivity contribution in [2.45, 2.75) is 53.2 Å². The van der Waals surface area contributed by atoms with Gasteiger partial charge in [0.25, 0.3) is 5.56 Å². The average molecular weight is 634 g/mol. The van der Waals surface area contributed by atoms with Crippen LogP contribution in [0.5, 0.6) is 5.75 Å². The number of nitriles is 1. The van der Waals surface area contributed by atoms with Crippen LogP contribution in [-0.2, 0) is 17.7 Å². The number of nitrogens with zero attached hydrogens (tertiary/aromatic N) is 5. The first-order valence-electron chi connectivity index (χ1n) is 13.8. The molecule has 1 aromatic carbocycles. The molecular formula is C32H29ClFN5O4S. The summed E-state index contributed by atoms with van der Waals surface area (Å²) < 4.78 is 27.1. The quantitative estimate of drug-likeness (QED) is 0.172. The maximum Gasteiger partial charge on any atom is 0.341 e. The minimum atomic E-state index is -0.699. The average Bonchev–Trinajstić information content (AvgIpc) is 3.38. The van der Waals surface area contributed by atoms with Crippen LogP contribution in [0.1, 0.15) is 53.9 Å². The van der Waals surface area contributed by atoms with Crippen molar-refractivity contribution < 1.29 is 18.7 Å². The van der Waals surface area contributed by atoms with Crippen molar-refractivity contribution in [3.05, 3.63) is 79.6 Å². The molecule has 0 atom stereocenters. The molecule has 0 saturated heterocycles. The van der Waals surface area contributed by atoms with Crippen LogP contribution in [0, 0.1) is 25.2 Å². The van der Waals surface area contributed by atoms with Crippen LogP contribution in [0.3, 0.4) is 0 Å². The number of ether oxygens (including phenoxy) is 2. The van der Waals surface area contributed by atoms with Crippen LogP contribution < -0.4 is 10.3 Å². The Labute approximate surface area is 261 Å². The molecule has 0 unspecified atom stereocenters. The second kappa shape index (κ2) is 12.3. The fourth-order valence-electron chi connectivity index (χ4n) is 4.92. The van der Waals surface area contributed by atoms with Crippen molar-refractivity contribution in [1.82, 2.24) is 19.5 Å². The van der Waals surface area contributed by atoms with Crippen molar-refractivity contribution in [3.8, 4) is 22.9 Å². The lowest BCUT2D eigenvalue weighted by Gasteiger charge is -2.19. The summed E-state index contributed by atoms with van der Waals surface area (Å²) in [5, 5.41) is 12.1. The summed E-state index contributed by atoms with van der Waals surface area (Å²) in [4.78, 5) is 39.7. The summed E-state index contributed by atoms with van der Waals surface area (Å²) in [5.74, 6) is 0.485. The third kappa shape index (κ3) is 6.14. The Balaban J connectivity index is 1.50. The van der Waals surface area contributed by atoms with Gasteiger partial charge in [0, 0.05) is 33.6 Å². The molecule has 0 fully saturated rings. The lowest BCUT2D eigenvalue weighted by molar-refractivity contribution is 0.00721. The number of alkyl halides is 1. The molecule has 44 heavy (non-hydrogen) atoms. The van der Waals surface area contributed by atoms with Crippen molar-refractivity contribution in [2.75, 3.05) is 13.3 Å². The fraction of sp³-hybridized carbons (Fsp3) is 0.312. The van der Waals surface area contributed by atoms with E-state index in [1.54, 1.807) is 30.5 Å². The van der Waals surface area contributed by atoms with Gasteiger partial charge in [-0.15, -0.1) is 11.3 Å². The van der Waals surface area contributed by atoms with Gasteiger partial charge in [0.15, 0.2) is 0 Å². The van der Waals surface area contributed by atoms with Gasteiger partial charge in [0.2, 0.25) is 0 Å². The normalized spacial score (nSPS) is 11.6. The Hall–Kier alpha value is -4.40. The smallest absolute Gasteiger partial charge is 0.341 e. The number of halogens is 2. The monoisotopic (exact) mass is 633 g/mol. The van der Waals surface area contributed by atoms with E-state index in [4.69, 9.17) is 21.1 Å². The Bertz CT molecular complexity index is 2030. The van der Waals surface area contributed by atoms with E-state index in [-0.39, 0.29) is 41.7 Å². The van der Waals surface area contributed by atoms with Gasteiger partial charge in [0.05, 0.1) is 57.4 Å². The number of hydrogen-bond acceptors (Lipinski definition) is 9. The molecule has 0 spiro atoms. The zero-order valence-electron chi connectivity index (χ0n) is 24.8. The first-order valence-corrected chi connectivity index (χ1v) is 15.1. The Kier molecular flexibility index (Phi) is 8.68. The van der Waals surface area contributed by atoms with Crippen LogP contribution in [0.2, 0.25) is 5.02 Å². The van der Waals surface area contributed by atoms with Crippen LogP contribution >= 0.6 is 22.9 Å². The zero-order valence-corrected chi connectivity index (χ0v) is 26.4. The largest absolute Gasteiger partial charge is 0.491 e. The highest BCUT2D eigenvalue weighted by Gasteiger charge is 2.24. The van der Waals surface area contributed by atoms with E-state index in [2.05, 4.69) is 15.0 Å². The maximum atomic E-state index is 13.5. The van der Waals surface area contributed by atoms with E-state index >= 15 is 0 Å². The van der Waals surface area contributed by atoms with Crippen LogP contribution in [-0.4, -0.2) is 44.4 Å². The van der Waals surface area contributed by atoms with Crippen molar-refractivity contribution in [3.63, 3.8) is 0 Å². The molecule has 0 aliphatic rings. The number of hydrogen-bond donors (Lipinski definition) is 0. The van der Waals surface area contributed by atoms with Gasteiger partial charge >= 0.3 is 5.97 Å². The zero-order chi connectivity index (χ0) is 31.8. The predicted octanol–water partition coefficient (Wildman–Crippen LogP) is 6.76. The van der Waals surface area contributed by atoms with Crippen LogP contribution in [0.15, 0.2) is 40.6 Å². The molecule has 226 valence electrons. The lowest BCUT2D eigenvalue weighted by Crippen LogP contribution is -2.27. The summed E-state index contributed by atoms with van der Waals surface area (Å²) in [6, 6.07) is 9.15. The topological polar surface area (TPSA) is 120 Å². The number of rotatable bonds is 8. The number of pyridine rings is 2. The number of aromatic nitrogens is 4. The molecule has 0 N–H and O–H groups in total. The summed E-state index contributed by atoms with van der Waals surface area (Å²) in [6.07, 6.45) is 1.33. The number of fused-ring (bicyclic) bond motifs is 2. The van der Waals surface area contributed by atoms with Gasteiger partial charge in [-0.1, -0.05) is 11.6 Å². The second-order valence-corrected chi connectivity index (χ2v) is 12.5. The summed E-state index contributed by atoms with van der Waals surface area (Å²) in [7, 11) is 0. The van der Waals surface area contributed by atoms with Crippen molar-refractivity contribution in [2.24, 2.45) is 0 Å². The van der Waals surface area contributed by atoms with Crippen molar-refractivity contribution >= 4 is 50.0 Å². The van der Waals surface area contributed by atoms with E-state index in [9.17, 15) is 19.2 Å². The van der Waals surface area contributed by atoms with Gasteiger partial charge in [-0.2, -0.15) is 5.26 Å². The highest BCUT2D eigenvalue weighted by molar-refractivity contribution is 7.18. The third-order valence-corrected chi connectivity index (χ3v) is 8.02.